The van der Waals surface area contributed by atoms with E-state index in [0.29, 0.717) is 23.6 Å². The van der Waals surface area contributed by atoms with E-state index in [4.69, 9.17) is 15.2 Å². The molecule has 28 heavy (non-hydrogen) atoms. The standard InChI is InChI=1S/C18H26N4O5S/c1-18(2,3)27-17(23)20-12-8-7-11(9-12)10-26-14-6-4-5-13-15(14)16(19)22-28(24,25)21-13/h4-6,11-12,21H,7-10H2,1-3H3,(H2,19,22)(H,20,23). The Morgan fingerprint density at radius 3 is 2.82 bits per heavy atom. The number of fused-ring (bicyclic) bond motifs is 1. The second-order valence-electron chi connectivity index (χ2n) is 8.07. The molecule has 0 radical (unpaired) electrons. The molecule has 0 bridgehead atoms. The van der Waals surface area contributed by atoms with Gasteiger partial charge in [0.15, 0.2) is 5.84 Å². The fourth-order valence-electron chi connectivity index (χ4n) is 3.38. The molecule has 1 aliphatic heterocycles. The van der Waals surface area contributed by atoms with Crippen LogP contribution in [0.4, 0.5) is 10.5 Å². The lowest BCUT2D eigenvalue weighted by Gasteiger charge is -2.22. The van der Waals surface area contributed by atoms with Gasteiger partial charge in [0.2, 0.25) is 0 Å². The molecule has 1 aliphatic carbocycles. The van der Waals surface area contributed by atoms with Crippen LogP contribution in [-0.4, -0.2) is 38.6 Å². The Labute approximate surface area is 164 Å². The number of carbonyl (C=O) groups is 1. The van der Waals surface area contributed by atoms with E-state index in [0.717, 1.165) is 19.3 Å². The second kappa shape index (κ2) is 7.50. The van der Waals surface area contributed by atoms with E-state index in [2.05, 4.69) is 14.4 Å². The summed E-state index contributed by atoms with van der Waals surface area (Å²) in [7, 11) is -3.82. The Bertz CT molecular complexity index is 892. The van der Waals surface area contributed by atoms with Gasteiger partial charge in [-0.25, -0.2) is 4.79 Å². The van der Waals surface area contributed by atoms with Crippen LogP contribution in [0.15, 0.2) is 22.6 Å². The number of amides is 1. The van der Waals surface area contributed by atoms with Crippen molar-refractivity contribution < 1.29 is 22.7 Å². The van der Waals surface area contributed by atoms with E-state index in [1.807, 2.05) is 20.8 Å². The molecule has 3 rings (SSSR count). The quantitative estimate of drug-likeness (QED) is 0.697. The lowest BCUT2D eigenvalue weighted by atomic mass is 10.1. The number of amidine groups is 1. The number of nitrogens with one attached hydrogen (secondary N) is 2. The topological polar surface area (TPSA) is 132 Å². The maximum Gasteiger partial charge on any atom is 0.407 e. The van der Waals surface area contributed by atoms with Gasteiger partial charge in [-0.2, -0.15) is 8.42 Å². The van der Waals surface area contributed by atoms with Crippen molar-refractivity contribution in [2.24, 2.45) is 16.0 Å². The number of nitrogens with zero attached hydrogens (tertiary/aromatic N) is 1. The lowest BCUT2D eigenvalue weighted by Crippen LogP contribution is -2.38. The molecular formula is C18H26N4O5S. The number of nitrogens with two attached hydrogens (primary N) is 1. The average molecular weight is 410 g/mol. The average Bonchev–Trinajstić information content (AvgIpc) is 2.96. The Balaban J connectivity index is 1.57. The third-order valence-electron chi connectivity index (χ3n) is 4.48. The van der Waals surface area contributed by atoms with Crippen molar-refractivity contribution in [3.63, 3.8) is 0 Å². The minimum atomic E-state index is -3.82. The number of alkyl carbamates (subject to hydrolysis) is 1. The van der Waals surface area contributed by atoms with Crippen LogP contribution in [0.25, 0.3) is 0 Å². The Hall–Kier alpha value is -2.49. The normalized spacial score (nSPS) is 23.2. The van der Waals surface area contributed by atoms with E-state index in [1.54, 1.807) is 18.2 Å². The summed E-state index contributed by atoms with van der Waals surface area (Å²) in [6.07, 6.45) is 2.13. The summed E-state index contributed by atoms with van der Waals surface area (Å²) in [5, 5.41) is 2.90. The number of anilines is 1. The highest BCUT2D eigenvalue weighted by atomic mass is 32.2. The summed E-state index contributed by atoms with van der Waals surface area (Å²) in [5.74, 6) is 0.638. The van der Waals surface area contributed by atoms with Crippen molar-refractivity contribution in [3.05, 3.63) is 23.8 Å². The molecule has 2 unspecified atom stereocenters. The summed E-state index contributed by atoms with van der Waals surface area (Å²) in [6, 6.07) is 5.08. The van der Waals surface area contributed by atoms with Crippen molar-refractivity contribution >= 4 is 27.8 Å². The molecule has 0 saturated heterocycles. The summed E-state index contributed by atoms with van der Waals surface area (Å²) in [4.78, 5) is 11.9. The first kappa shape index (κ1) is 20.2. The largest absolute Gasteiger partial charge is 0.492 e. The molecule has 154 valence electrons. The molecule has 0 spiro atoms. The van der Waals surface area contributed by atoms with Crippen molar-refractivity contribution in [3.8, 4) is 5.75 Å². The van der Waals surface area contributed by atoms with Gasteiger partial charge in [0.1, 0.15) is 11.4 Å². The van der Waals surface area contributed by atoms with Crippen LogP contribution in [-0.2, 0) is 14.9 Å². The maximum absolute atomic E-state index is 11.9. The molecule has 1 fully saturated rings. The first-order valence-electron chi connectivity index (χ1n) is 9.16. The zero-order valence-corrected chi connectivity index (χ0v) is 17.0. The van der Waals surface area contributed by atoms with E-state index in [9.17, 15) is 13.2 Å². The van der Waals surface area contributed by atoms with E-state index >= 15 is 0 Å². The van der Waals surface area contributed by atoms with Crippen LogP contribution >= 0.6 is 0 Å². The number of hydrogen-bond donors (Lipinski definition) is 3. The smallest absolute Gasteiger partial charge is 0.407 e. The van der Waals surface area contributed by atoms with Crippen LogP contribution < -0.4 is 20.5 Å². The molecular weight excluding hydrogens is 384 g/mol. The van der Waals surface area contributed by atoms with E-state index in [1.165, 1.54) is 0 Å². The molecule has 1 aromatic rings. The number of hydrogen-bond acceptors (Lipinski definition) is 6. The molecule has 0 aromatic heterocycles. The molecule has 1 amide bonds. The van der Waals surface area contributed by atoms with E-state index in [-0.39, 0.29) is 17.8 Å². The van der Waals surface area contributed by atoms with Crippen molar-refractivity contribution in [1.82, 2.24) is 5.32 Å². The van der Waals surface area contributed by atoms with Gasteiger partial charge in [0.25, 0.3) is 0 Å². The van der Waals surface area contributed by atoms with Crippen LogP contribution in [0.5, 0.6) is 5.75 Å². The number of benzene rings is 1. The molecule has 10 heteroatoms. The highest BCUT2D eigenvalue weighted by Crippen LogP contribution is 2.32. The third kappa shape index (κ3) is 5.06. The summed E-state index contributed by atoms with van der Waals surface area (Å²) < 4.78 is 40.3. The Morgan fingerprint density at radius 2 is 2.11 bits per heavy atom. The number of rotatable bonds is 4. The monoisotopic (exact) mass is 410 g/mol. The Morgan fingerprint density at radius 1 is 1.36 bits per heavy atom. The van der Waals surface area contributed by atoms with Gasteiger partial charge in [-0.3, -0.25) is 4.72 Å². The number of carbonyl (C=O) groups excluding carboxylic acids is 1. The van der Waals surface area contributed by atoms with Gasteiger partial charge in [-0.15, -0.1) is 4.40 Å². The van der Waals surface area contributed by atoms with Crippen LogP contribution in [0.3, 0.4) is 0 Å². The second-order valence-corrected chi connectivity index (χ2v) is 9.40. The summed E-state index contributed by atoms with van der Waals surface area (Å²) >= 11 is 0. The summed E-state index contributed by atoms with van der Waals surface area (Å²) in [6.45, 7) is 5.91. The van der Waals surface area contributed by atoms with Crippen LogP contribution in [0.1, 0.15) is 45.6 Å². The van der Waals surface area contributed by atoms with Gasteiger partial charge >= 0.3 is 16.3 Å². The van der Waals surface area contributed by atoms with Crippen LogP contribution in [0.2, 0.25) is 0 Å². The molecule has 2 atom stereocenters. The van der Waals surface area contributed by atoms with Crippen molar-refractivity contribution in [2.45, 2.75) is 51.7 Å². The predicted octanol–water partition coefficient (Wildman–Crippen LogP) is 2.13. The van der Waals surface area contributed by atoms with Gasteiger partial charge in [-0.05, 0) is 58.1 Å². The van der Waals surface area contributed by atoms with Gasteiger partial charge < -0.3 is 20.5 Å². The molecule has 4 N–H and O–H groups in total. The zero-order valence-electron chi connectivity index (χ0n) is 16.2. The number of ether oxygens (including phenoxy) is 2. The van der Waals surface area contributed by atoms with Crippen LogP contribution in [0, 0.1) is 5.92 Å². The first-order chi connectivity index (χ1) is 13.0. The van der Waals surface area contributed by atoms with Crippen molar-refractivity contribution in [1.29, 1.82) is 0 Å². The highest BCUT2D eigenvalue weighted by Gasteiger charge is 2.29. The van der Waals surface area contributed by atoms with Crippen molar-refractivity contribution in [2.75, 3.05) is 11.3 Å². The zero-order chi connectivity index (χ0) is 20.5. The molecule has 1 saturated carbocycles. The fourth-order valence-corrected chi connectivity index (χ4v) is 4.22. The minimum Gasteiger partial charge on any atom is -0.492 e. The maximum atomic E-state index is 11.9. The van der Waals surface area contributed by atoms with Gasteiger partial charge in [0, 0.05) is 6.04 Å². The van der Waals surface area contributed by atoms with Gasteiger partial charge in [0.05, 0.1) is 17.9 Å². The first-order valence-corrected chi connectivity index (χ1v) is 10.6. The highest BCUT2D eigenvalue weighted by molar-refractivity contribution is 7.91. The Kier molecular flexibility index (Phi) is 5.42. The molecule has 1 aromatic carbocycles. The molecule has 1 heterocycles. The fraction of sp³-hybridized carbons (Fsp3) is 0.556. The van der Waals surface area contributed by atoms with Gasteiger partial charge in [-0.1, -0.05) is 6.07 Å². The SMILES string of the molecule is CC(C)(C)OC(=O)NC1CCC(COc2cccc3c2C(N)=NS(=O)(=O)N3)C1. The predicted molar refractivity (Wildman–Crippen MR) is 106 cm³/mol. The minimum absolute atomic E-state index is 0.0478. The lowest BCUT2D eigenvalue weighted by molar-refractivity contribution is 0.0504. The molecule has 9 nitrogen and oxygen atoms in total. The third-order valence-corrected chi connectivity index (χ3v) is 5.39. The summed E-state index contributed by atoms with van der Waals surface area (Å²) in [5.41, 5.74) is 6.09. The van der Waals surface area contributed by atoms with E-state index < -0.39 is 21.9 Å². The molecule has 2 aliphatic rings.